The number of ketones is 1. The van der Waals surface area contributed by atoms with E-state index in [9.17, 15) is 33.0 Å². The molecule has 0 radical (unpaired) electrons. The number of carbonyl (C=O) groups excluding carboxylic acids is 3. The van der Waals surface area contributed by atoms with Crippen LogP contribution in [0.15, 0.2) is 30.3 Å². The molecule has 0 saturated carbocycles. The monoisotopic (exact) mass is 405 g/mol. The summed E-state index contributed by atoms with van der Waals surface area (Å²) in [6.07, 6.45) is -1.87. The van der Waals surface area contributed by atoms with Crippen LogP contribution >= 0.6 is 0 Å². The van der Waals surface area contributed by atoms with Crippen LogP contribution in [0.25, 0.3) is 0 Å². The van der Waals surface area contributed by atoms with Crippen LogP contribution in [0, 0.1) is 5.92 Å². The fourth-order valence-corrected chi connectivity index (χ4v) is 5.87. The number of Topliss-reactive ketones (excluding diaryl/α,β-unsaturated/α-hetero) is 1. The van der Waals surface area contributed by atoms with Crippen LogP contribution < -0.4 is 56.5 Å². The summed E-state index contributed by atoms with van der Waals surface area (Å²) in [5.41, 5.74) is 0.132. The second-order valence-corrected chi connectivity index (χ2v) is 9.33. The summed E-state index contributed by atoms with van der Waals surface area (Å²) in [5, 5.41) is 20.1. The van der Waals surface area contributed by atoms with E-state index in [1.807, 2.05) is 0 Å². The van der Waals surface area contributed by atoms with Crippen molar-refractivity contribution in [1.82, 2.24) is 4.90 Å². The number of hydrogen-bond donors (Lipinski definition) is 1. The summed E-state index contributed by atoms with van der Waals surface area (Å²) in [6, 6.07) is 6.00. The number of fused-ring (bicyclic) bond motifs is 1. The van der Waals surface area contributed by atoms with Gasteiger partial charge in [0.25, 0.3) is 0 Å². The van der Waals surface area contributed by atoms with Crippen LogP contribution in [0.1, 0.15) is 24.2 Å². The molecule has 1 N–H and O–H groups in total. The van der Waals surface area contributed by atoms with Gasteiger partial charge < -0.3 is 19.9 Å². The summed E-state index contributed by atoms with van der Waals surface area (Å²) in [4.78, 5) is 36.8. The number of sulfone groups is 1. The second-order valence-electron chi connectivity index (χ2n) is 6.71. The first kappa shape index (κ1) is 21.7. The SMILES string of the molecule is CC1(C)[C@H](C(=O)[O-])N2C(=O)[C@@H]([C@H](O)C(=O)c3ccccc3)[C@H]2S1(=O)=O.[K+]. The van der Waals surface area contributed by atoms with Gasteiger partial charge in [0, 0.05) is 5.56 Å². The van der Waals surface area contributed by atoms with Crippen molar-refractivity contribution in [3.05, 3.63) is 35.9 Å². The van der Waals surface area contributed by atoms with E-state index in [2.05, 4.69) is 0 Å². The van der Waals surface area contributed by atoms with E-state index in [0.29, 0.717) is 4.90 Å². The largest absolute Gasteiger partial charge is 1.00 e. The van der Waals surface area contributed by atoms with Gasteiger partial charge in [0.15, 0.2) is 15.6 Å². The minimum Gasteiger partial charge on any atom is -0.548 e. The van der Waals surface area contributed by atoms with E-state index in [1.54, 1.807) is 18.2 Å². The first-order valence-electron chi connectivity index (χ1n) is 7.57. The molecule has 0 aromatic heterocycles. The van der Waals surface area contributed by atoms with Gasteiger partial charge in [-0.05, 0) is 13.8 Å². The van der Waals surface area contributed by atoms with Gasteiger partial charge in [0.1, 0.15) is 17.4 Å². The second kappa shape index (κ2) is 7.08. The van der Waals surface area contributed by atoms with Crippen LogP contribution in [-0.2, 0) is 19.4 Å². The fraction of sp³-hybridized carbons (Fsp3) is 0.438. The van der Waals surface area contributed by atoms with Crippen molar-refractivity contribution in [3.63, 3.8) is 0 Å². The molecule has 2 heterocycles. The van der Waals surface area contributed by atoms with E-state index in [0.717, 1.165) is 0 Å². The number of amides is 1. The third-order valence-corrected chi connectivity index (χ3v) is 7.85. The number of rotatable bonds is 4. The van der Waals surface area contributed by atoms with E-state index in [4.69, 9.17) is 0 Å². The molecule has 134 valence electrons. The van der Waals surface area contributed by atoms with Crippen molar-refractivity contribution in [1.29, 1.82) is 0 Å². The molecule has 26 heavy (non-hydrogen) atoms. The van der Waals surface area contributed by atoms with Crippen LogP contribution in [-0.4, -0.2) is 58.4 Å². The van der Waals surface area contributed by atoms with Crippen LogP contribution in [0.2, 0.25) is 0 Å². The van der Waals surface area contributed by atoms with Gasteiger partial charge in [-0.2, -0.15) is 0 Å². The number of nitrogens with zero attached hydrogens (tertiary/aromatic N) is 1. The topological polar surface area (TPSA) is 132 Å². The van der Waals surface area contributed by atoms with Gasteiger partial charge in [-0.25, -0.2) is 8.42 Å². The van der Waals surface area contributed by atoms with Crippen LogP contribution in [0.5, 0.6) is 0 Å². The first-order chi connectivity index (χ1) is 11.5. The zero-order valence-corrected chi connectivity index (χ0v) is 18.4. The molecule has 8 nitrogen and oxygen atoms in total. The Morgan fingerprint density at radius 1 is 1.23 bits per heavy atom. The summed E-state index contributed by atoms with van der Waals surface area (Å²) in [5.74, 6) is -4.89. The standard InChI is InChI=1S/C16H17NO7S.K/c1-16(2)12(15(21)22)17-13(20)9(14(17)25(16,23)24)11(19)10(18)8-6-4-3-5-7-8;/h3-7,9,11-12,14,19H,1-2H3,(H,21,22);/q;+1/p-1/t9-,11+,12+,14-;/m1./s1. The van der Waals surface area contributed by atoms with E-state index >= 15 is 0 Å². The smallest absolute Gasteiger partial charge is 0.548 e. The molecule has 0 aliphatic carbocycles. The first-order valence-corrected chi connectivity index (χ1v) is 9.12. The Labute approximate surface area is 192 Å². The molecule has 0 unspecified atom stereocenters. The third kappa shape index (κ3) is 2.82. The van der Waals surface area contributed by atoms with Gasteiger partial charge in [-0.3, -0.25) is 9.59 Å². The molecule has 2 aliphatic rings. The predicted octanol–water partition coefficient (Wildman–Crippen LogP) is -4.66. The number of carbonyl (C=O) groups is 3. The Hall–Kier alpha value is -0.624. The summed E-state index contributed by atoms with van der Waals surface area (Å²) in [7, 11) is -4.13. The molecule has 1 aromatic rings. The Morgan fingerprint density at radius 3 is 2.27 bits per heavy atom. The van der Waals surface area contributed by atoms with Crippen LogP contribution in [0.4, 0.5) is 0 Å². The molecule has 0 bridgehead atoms. The number of aliphatic hydroxyl groups is 1. The molecule has 2 fully saturated rings. The summed E-state index contributed by atoms with van der Waals surface area (Å²) < 4.78 is 23.6. The third-order valence-electron chi connectivity index (χ3n) is 5.00. The maximum Gasteiger partial charge on any atom is 1.00 e. The summed E-state index contributed by atoms with van der Waals surface area (Å²) >= 11 is 0. The minimum absolute atomic E-state index is 0. The number of aliphatic carboxylic acids is 1. The fourth-order valence-electron chi connectivity index (χ4n) is 3.55. The van der Waals surface area contributed by atoms with Crippen molar-refractivity contribution in [2.24, 2.45) is 5.92 Å². The number of aliphatic hydroxyl groups excluding tert-OH is 1. The van der Waals surface area contributed by atoms with Gasteiger partial charge in [-0.1, -0.05) is 30.3 Å². The number of carboxylic acid groups (broad SMARTS) is 1. The molecule has 3 rings (SSSR count). The number of hydrogen-bond acceptors (Lipinski definition) is 7. The molecular formula is C16H16KNO7S. The Balaban J connectivity index is 0.00000243. The number of benzene rings is 1. The summed E-state index contributed by atoms with van der Waals surface area (Å²) in [6.45, 7) is 2.38. The van der Waals surface area contributed by atoms with Crippen molar-refractivity contribution >= 4 is 27.5 Å². The van der Waals surface area contributed by atoms with E-state index < -0.39 is 55.7 Å². The zero-order chi connectivity index (χ0) is 18.7. The predicted molar refractivity (Wildman–Crippen MR) is 82.7 cm³/mol. The number of β-lactam (4-membered cyclic amide) rings is 1. The molecule has 2 saturated heterocycles. The molecule has 10 heteroatoms. The van der Waals surface area contributed by atoms with Crippen molar-refractivity contribution in [2.75, 3.05) is 0 Å². The maximum absolute atomic E-state index is 12.7. The van der Waals surface area contributed by atoms with Crippen molar-refractivity contribution < 1.29 is 84.4 Å². The average molecular weight is 405 g/mol. The van der Waals surface area contributed by atoms with E-state index in [1.165, 1.54) is 26.0 Å². The maximum atomic E-state index is 12.7. The van der Waals surface area contributed by atoms with Gasteiger partial charge in [0.05, 0.1) is 16.8 Å². The zero-order valence-electron chi connectivity index (χ0n) is 14.4. The van der Waals surface area contributed by atoms with Crippen molar-refractivity contribution in [3.8, 4) is 0 Å². The quantitative estimate of drug-likeness (QED) is 0.303. The number of carboxylic acids is 1. The Kier molecular flexibility index (Phi) is 5.90. The molecule has 4 atom stereocenters. The minimum atomic E-state index is -4.13. The van der Waals surface area contributed by atoms with Gasteiger partial charge in [0.2, 0.25) is 5.91 Å². The van der Waals surface area contributed by atoms with Crippen LogP contribution in [0.3, 0.4) is 0 Å². The molecular weight excluding hydrogens is 389 g/mol. The average Bonchev–Trinajstić information content (AvgIpc) is 2.69. The van der Waals surface area contributed by atoms with Gasteiger partial charge >= 0.3 is 51.4 Å². The molecule has 1 amide bonds. The van der Waals surface area contributed by atoms with E-state index in [-0.39, 0.29) is 56.9 Å². The Morgan fingerprint density at radius 2 is 1.77 bits per heavy atom. The Bertz CT molecular complexity index is 868. The normalized spacial score (nSPS) is 29.1. The molecule has 2 aliphatic heterocycles. The molecule has 1 aromatic carbocycles. The van der Waals surface area contributed by atoms with Crippen molar-refractivity contribution in [2.45, 2.75) is 36.1 Å². The molecule has 0 spiro atoms. The van der Waals surface area contributed by atoms with Gasteiger partial charge in [-0.15, -0.1) is 0 Å².